The van der Waals surface area contributed by atoms with Crippen molar-refractivity contribution >= 4 is 29.7 Å². The molecule has 0 aliphatic heterocycles. The summed E-state index contributed by atoms with van der Waals surface area (Å²) >= 11 is 0. The third-order valence-corrected chi connectivity index (χ3v) is 4.01. The van der Waals surface area contributed by atoms with Gasteiger partial charge in [0, 0.05) is 6.54 Å². The van der Waals surface area contributed by atoms with Crippen LogP contribution in [0.3, 0.4) is 0 Å². The molecule has 0 aliphatic carbocycles. The van der Waals surface area contributed by atoms with E-state index in [4.69, 9.17) is 27.4 Å². The molecule has 0 radical (unpaired) electrons. The van der Waals surface area contributed by atoms with E-state index >= 15 is 0 Å². The molecule has 3 amide bonds. The molecule has 0 aliphatic rings. The number of carbonyl (C=O) groups excluding carboxylic acids is 3. The number of aliphatic carboxylic acids is 1. The van der Waals surface area contributed by atoms with Crippen molar-refractivity contribution in [3.05, 3.63) is 0 Å². The number of carboxylic acids is 1. The zero-order valence-electron chi connectivity index (χ0n) is 17.0. The molecule has 5 atom stereocenters. The summed E-state index contributed by atoms with van der Waals surface area (Å²) in [6, 6.07) is -5.77. The van der Waals surface area contributed by atoms with E-state index in [1.54, 1.807) is 0 Å². The van der Waals surface area contributed by atoms with Crippen molar-refractivity contribution in [3.63, 3.8) is 0 Å². The second-order valence-electron chi connectivity index (χ2n) is 6.60. The standard InChI is InChI=1S/C16H31N7O8/c1-7(26)11(17)14(29)22-9(5-24)13(28)21-8(3-2-4-20-16(18)19)12(27)23-10(6-25)15(30)31/h7-11,24-26H,2-6,17H2,1H3,(H,21,28)(H,22,29)(H,23,27)(H,30,31)(H4,18,19,20). The Hall–Kier alpha value is -3.01. The number of aliphatic hydroxyl groups is 3. The smallest absolute Gasteiger partial charge is 0.328 e. The van der Waals surface area contributed by atoms with Gasteiger partial charge in [0.15, 0.2) is 5.96 Å². The number of guanidine groups is 1. The number of hydrogen-bond donors (Lipinski definition) is 10. The Kier molecular flexibility index (Phi) is 12.7. The predicted octanol–water partition coefficient (Wildman–Crippen LogP) is -5.73. The topological polar surface area (TPSA) is 276 Å². The van der Waals surface area contributed by atoms with Gasteiger partial charge in [0.1, 0.15) is 24.2 Å². The quantitative estimate of drug-likeness (QED) is 0.0677. The van der Waals surface area contributed by atoms with Crippen molar-refractivity contribution in [3.8, 4) is 0 Å². The average molecular weight is 449 g/mol. The van der Waals surface area contributed by atoms with E-state index < -0.39 is 67.2 Å². The molecule has 0 saturated heterocycles. The molecule has 0 fully saturated rings. The first-order chi connectivity index (χ1) is 14.4. The van der Waals surface area contributed by atoms with Crippen molar-refractivity contribution in [2.45, 2.75) is 50.0 Å². The van der Waals surface area contributed by atoms with E-state index in [0.717, 1.165) is 0 Å². The fraction of sp³-hybridized carbons (Fsp3) is 0.688. The van der Waals surface area contributed by atoms with Crippen LogP contribution in [0.2, 0.25) is 0 Å². The fourth-order valence-electron chi connectivity index (χ4n) is 2.18. The number of aliphatic hydroxyl groups excluding tert-OH is 3. The van der Waals surface area contributed by atoms with Gasteiger partial charge in [0.2, 0.25) is 17.7 Å². The maximum Gasteiger partial charge on any atom is 0.328 e. The van der Waals surface area contributed by atoms with E-state index in [2.05, 4.69) is 20.9 Å². The number of rotatable bonds is 14. The van der Waals surface area contributed by atoms with Crippen molar-refractivity contribution in [2.75, 3.05) is 19.8 Å². The molecule has 0 aromatic heterocycles. The van der Waals surface area contributed by atoms with Crippen LogP contribution in [-0.2, 0) is 19.2 Å². The van der Waals surface area contributed by atoms with Crippen LogP contribution in [-0.4, -0.2) is 100 Å². The van der Waals surface area contributed by atoms with Gasteiger partial charge in [-0.3, -0.25) is 19.4 Å². The molecule has 0 bridgehead atoms. The minimum atomic E-state index is -1.61. The molecule has 0 saturated carbocycles. The molecule has 15 heteroatoms. The molecule has 178 valence electrons. The highest BCUT2D eigenvalue weighted by Gasteiger charge is 2.30. The Morgan fingerprint density at radius 2 is 1.39 bits per heavy atom. The molecule has 15 nitrogen and oxygen atoms in total. The second-order valence-corrected chi connectivity index (χ2v) is 6.60. The third-order valence-electron chi connectivity index (χ3n) is 4.01. The monoisotopic (exact) mass is 449 g/mol. The maximum atomic E-state index is 12.4. The molecular weight excluding hydrogens is 418 g/mol. The lowest BCUT2D eigenvalue weighted by Gasteiger charge is -2.24. The van der Waals surface area contributed by atoms with Crippen LogP contribution in [0.1, 0.15) is 19.8 Å². The molecule has 0 heterocycles. The fourth-order valence-corrected chi connectivity index (χ4v) is 2.18. The molecule has 13 N–H and O–H groups in total. The first-order valence-electron chi connectivity index (χ1n) is 9.29. The minimum absolute atomic E-state index is 0.0363. The van der Waals surface area contributed by atoms with Gasteiger partial charge < -0.3 is 53.6 Å². The summed E-state index contributed by atoms with van der Waals surface area (Å²) in [5.41, 5.74) is 15.9. The molecule has 31 heavy (non-hydrogen) atoms. The number of nitrogens with one attached hydrogen (secondary N) is 3. The Morgan fingerprint density at radius 3 is 1.84 bits per heavy atom. The van der Waals surface area contributed by atoms with Crippen LogP contribution in [0.15, 0.2) is 4.99 Å². The van der Waals surface area contributed by atoms with Crippen molar-refractivity contribution in [1.82, 2.24) is 16.0 Å². The van der Waals surface area contributed by atoms with Gasteiger partial charge in [-0.2, -0.15) is 0 Å². The lowest BCUT2D eigenvalue weighted by Crippen LogP contribution is -2.59. The summed E-state index contributed by atoms with van der Waals surface area (Å²) in [6.45, 7) is -0.369. The molecule has 0 spiro atoms. The van der Waals surface area contributed by atoms with E-state index in [1.807, 2.05) is 0 Å². The van der Waals surface area contributed by atoms with Crippen LogP contribution < -0.4 is 33.2 Å². The maximum absolute atomic E-state index is 12.4. The number of nitrogens with two attached hydrogens (primary N) is 3. The van der Waals surface area contributed by atoms with Gasteiger partial charge >= 0.3 is 5.97 Å². The number of nitrogens with zero attached hydrogens (tertiary/aromatic N) is 1. The van der Waals surface area contributed by atoms with Crippen LogP contribution in [0.4, 0.5) is 0 Å². The van der Waals surface area contributed by atoms with Crippen molar-refractivity contribution in [2.24, 2.45) is 22.2 Å². The number of carboxylic acid groups (broad SMARTS) is 1. The zero-order valence-corrected chi connectivity index (χ0v) is 17.0. The van der Waals surface area contributed by atoms with E-state index in [9.17, 15) is 29.4 Å². The molecule has 0 aromatic rings. The van der Waals surface area contributed by atoms with E-state index in [0.29, 0.717) is 0 Å². The lowest BCUT2D eigenvalue weighted by atomic mass is 10.1. The summed E-state index contributed by atoms with van der Waals surface area (Å²) < 4.78 is 0. The summed E-state index contributed by atoms with van der Waals surface area (Å²) in [7, 11) is 0. The second kappa shape index (κ2) is 14.1. The molecule has 0 rings (SSSR count). The summed E-state index contributed by atoms with van der Waals surface area (Å²) in [6.07, 6.45) is -1.05. The van der Waals surface area contributed by atoms with Crippen molar-refractivity contribution < 1.29 is 39.6 Å². The zero-order chi connectivity index (χ0) is 24.1. The Bertz CT molecular complexity index is 654. The van der Waals surface area contributed by atoms with Gasteiger partial charge in [0.25, 0.3) is 0 Å². The minimum Gasteiger partial charge on any atom is -0.480 e. The van der Waals surface area contributed by atoms with Crippen LogP contribution in [0.5, 0.6) is 0 Å². The molecule has 0 aromatic carbocycles. The first kappa shape index (κ1) is 28.0. The summed E-state index contributed by atoms with van der Waals surface area (Å²) in [4.78, 5) is 51.5. The average Bonchev–Trinajstić information content (AvgIpc) is 2.70. The van der Waals surface area contributed by atoms with E-state index in [1.165, 1.54) is 6.92 Å². The third kappa shape index (κ3) is 10.5. The van der Waals surface area contributed by atoms with E-state index in [-0.39, 0.29) is 25.3 Å². The summed E-state index contributed by atoms with van der Waals surface area (Å²) in [5.74, 6) is -4.48. The SMILES string of the molecule is CC(O)C(N)C(=O)NC(CO)C(=O)NC(CCCN=C(N)N)C(=O)NC(CO)C(=O)O. The molecule has 5 unspecified atom stereocenters. The number of amides is 3. The predicted molar refractivity (Wildman–Crippen MR) is 107 cm³/mol. The number of carbonyl (C=O) groups is 4. The van der Waals surface area contributed by atoms with Gasteiger partial charge in [0.05, 0.1) is 19.3 Å². The lowest BCUT2D eigenvalue weighted by molar-refractivity contribution is -0.143. The Morgan fingerprint density at radius 1 is 0.903 bits per heavy atom. The molecular formula is C16H31N7O8. The van der Waals surface area contributed by atoms with Crippen molar-refractivity contribution in [1.29, 1.82) is 0 Å². The summed E-state index contributed by atoms with van der Waals surface area (Å²) in [5, 5.41) is 43.3. The number of aliphatic imine (C=N–C) groups is 1. The highest BCUT2D eigenvalue weighted by Crippen LogP contribution is 2.02. The van der Waals surface area contributed by atoms with Gasteiger partial charge in [-0.1, -0.05) is 0 Å². The highest BCUT2D eigenvalue weighted by atomic mass is 16.4. The normalized spacial score (nSPS) is 15.5. The van der Waals surface area contributed by atoms with Gasteiger partial charge in [-0.05, 0) is 19.8 Å². The van der Waals surface area contributed by atoms with Crippen LogP contribution >= 0.6 is 0 Å². The van der Waals surface area contributed by atoms with Crippen LogP contribution in [0, 0.1) is 0 Å². The van der Waals surface area contributed by atoms with Gasteiger partial charge in [-0.15, -0.1) is 0 Å². The first-order valence-corrected chi connectivity index (χ1v) is 9.29. The van der Waals surface area contributed by atoms with Gasteiger partial charge in [-0.25, -0.2) is 4.79 Å². The number of hydrogen-bond acceptors (Lipinski definition) is 9. The Balaban J connectivity index is 5.29. The largest absolute Gasteiger partial charge is 0.480 e. The van der Waals surface area contributed by atoms with Crippen LogP contribution in [0.25, 0.3) is 0 Å². The highest BCUT2D eigenvalue weighted by molar-refractivity contribution is 5.94. The Labute approximate surface area is 178 Å².